The van der Waals surface area contributed by atoms with Gasteiger partial charge in [-0.25, -0.2) is 0 Å². The van der Waals surface area contributed by atoms with E-state index in [1.165, 1.54) is 6.26 Å². The SMILES string of the molecule is O=c1c(C2CC(c3ccc(Cl)cc3)=NN2)coc2ccccc12. The third-order valence-electron chi connectivity index (χ3n) is 4.01. The van der Waals surface area contributed by atoms with Gasteiger partial charge in [-0.15, -0.1) is 0 Å². The Bertz CT molecular complexity index is 961. The molecule has 3 aromatic rings. The Morgan fingerprint density at radius 3 is 2.74 bits per heavy atom. The summed E-state index contributed by atoms with van der Waals surface area (Å²) in [7, 11) is 0. The minimum Gasteiger partial charge on any atom is -0.464 e. The average molecular weight is 325 g/mol. The van der Waals surface area contributed by atoms with E-state index in [1.54, 1.807) is 12.1 Å². The molecule has 0 bridgehead atoms. The van der Waals surface area contributed by atoms with E-state index in [9.17, 15) is 4.79 Å². The van der Waals surface area contributed by atoms with Gasteiger partial charge in [-0.2, -0.15) is 5.10 Å². The third-order valence-corrected chi connectivity index (χ3v) is 4.26. The molecule has 1 aromatic heterocycles. The average Bonchev–Trinajstić information content (AvgIpc) is 3.06. The molecule has 0 fully saturated rings. The maximum absolute atomic E-state index is 12.6. The molecule has 1 atom stereocenters. The number of nitrogens with zero attached hydrogens (tertiary/aromatic N) is 1. The highest BCUT2D eigenvalue weighted by molar-refractivity contribution is 6.30. The number of fused-ring (bicyclic) bond motifs is 1. The second kappa shape index (κ2) is 5.56. The van der Waals surface area contributed by atoms with Crippen LogP contribution in [0, 0.1) is 0 Å². The van der Waals surface area contributed by atoms with E-state index in [0.717, 1.165) is 11.3 Å². The fourth-order valence-corrected chi connectivity index (χ4v) is 2.90. The lowest BCUT2D eigenvalue weighted by Crippen LogP contribution is -2.19. The number of rotatable bonds is 2. The van der Waals surface area contributed by atoms with E-state index in [1.807, 2.05) is 36.4 Å². The van der Waals surface area contributed by atoms with Gasteiger partial charge in [0.25, 0.3) is 0 Å². The van der Waals surface area contributed by atoms with Crippen LogP contribution in [0.1, 0.15) is 23.6 Å². The van der Waals surface area contributed by atoms with Crippen LogP contribution in [0.15, 0.2) is 69.1 Å². The quantitative estimate of drug-likeness (QED) is 0.778. The summed E-state index contributed by atoms with van der Waals surface area (Å²) in [4.78, 5) is 12.6. The van der Waals surface area contributed by atoms with E-state index >= 15 is 0 Å². The molecular formula is C18H13ClN2O2. The number of benzene rings is 2. The van der Waals surface area contributed by atoms with E-state index in [0.29, 0.717) is 28.0 Å². The summed E-state index contributed by atoms with van der Waals surface area (Å²) in [5, 5.41) is 5.63. The highest BCUT2D eigenvalue weighted by Gasteiger charge is 2.24. The molecule has 4 rings (SSSR count). The van der Waals surface area contributed by atoms with Gasteiger partial charge < -0.3 is 9.84 Å². The van der Waals surface area contributed by atoms with Gasteiger partial charge in [0.15, 0.2) is 5.43 Å². The predicted octanol–water partition coefficient (Wildman–Crippen LogP) is 3.89. The number of hydrogen-bond donors (Lipinski definition) is 1. The Hall–Kier alpha value is -2.59. The van der Waals surface area contributed by atoms with Gasteiger partial charge in [0, 0.05) is 11.4 Å². The topological polar surface area (TPSA) is 54.6 Å². The van der Waals surface area contributed by atoms with Gasteiger partial charge in [-0.1, -0.05) is 35.9 Å². The van der Waals surface area contributed by atoms with Crippen molar-refractivity contribution in [1.29, 1.82) is 0 Å². The van der Waals surface area contributed by atoms with Gasteiger partial charge in [-0.3, -0.25) is 4.79 Å². The van der Waals surface area contributed by atoms with Crippen LogP contribution in [0.3, 0.4) is 0 Å². The molecule has 0 saturated heterocycles. The Kier molecular flexibility index (Phi) is 3.39. The van der Waals surface area contributed by atoms with Gasteiger partial charge in [0.05, 0.1) is 22.7 Å². The van der Waals surface area contributed by atoms with Gasteiger partial charge in [0.2, 0.25) is 0 Å². The zero-order valence-corrected chi connectivity index (χ0v) is 12.9. The fourth-order valence-electron chi connectivity index (χ4n) is 2.78. The van der Waals surface area contributed by atoms with Crippen LogP contribution in [0.5, 0.6) is 0 Å². The Balaban J connectivity index is 1.65. The first kappa shape index (κ1) is 14.0. The molecule has 2 heterocycles. The highest BCUT2D eigenvalue weighted by atomic mass is 35.5. The van der Waals surface area contributed by atoms with Gasteiger partial charge >= 0.3 is 0 Å². The van der Waals surface area contributed by atoms with E-state index in [4.69, 9.17) is 16.0 Å². The predicted molar refractivity (Wildman–Crippen MR) is 91.0 cm³/mol. The molecule has 0 spiro atoms. The molecule has 1 aliphatic heterocycles. The lowest BCUT2D eigenvalue weighted by molar-refractivity contribution is 0.552. The maximum Gasteiger partial charge on any atom is 0.198 e. The highest BCUT2D eigenvalue weighted by Crippen LogP contribution is 2.24. The second-order valence-corrected chi connectivity index (χ2v) is 5.90. The van der Waals surface area contributed by atoms with Crippen molar-refractivity contribution in [2.24, 2.45) is 5.10 Å². The molecule has 5 heteroatoms. The summed E-state index contributed by atoms with van der Waals surface area (Å²) in [6.07, 6.45) is 2.16. The first-order chi connectivity index (χ1) is 11.2. The van der Waals surface area contributed by atoms with Crippen molar-refractivity contribution >= 4 is 28.3 Å². The standard InChI is InChI=1S/C18H13ClN2O2/c19-12-7-5-11(6-8-12)15-9-16(21-20-15)14-10-23-17-4-2-1-3-13(17)18(14)22/h1-8,10,16,21H,9H2. The third kappa shape index (κ3) is 2.51. The summed E-state index contributed by atoms with van der Waals surface area (Å²) in [5.74, 6) is 0. The van der Waals surface area contributed by atoms with Crippen molar-refractivity contribution in [3.8, 4) is 0 Å². The molecule has 0 saturated carbocycles. The van der Waals surface area contributed by atoms with Crippen LogP contribution < -0.4 is 10.9 Å². The van der Waals surface area contributed by atoms with Crippen LogP contribution in [-0.2, 0) is 0 Å². The van der Waals surface area contributed by atoms with E-state index < -0.39 is 0 Å². The van der Waals surface area contributed by atoms with Crippen molar-refractivity contribution in [3.63, 3.8) is 0 Å². The molecule has 4 nitrogen and oxygen atoms in total. The van der Waals surface area contributed by atoms with Crippen molar-refractivity contribution < 1.29 is 4.42 Å². The lowest BCUT2D eigenvalue weighted by atomic mass is 9.99. The summed E-state index contributed by atoms with van der Waals surface area (Å²) in [6.45, 7) is 0. The minimum absolute atomic E-state index is 0.0168. The number of nitrogens with one attached hydrogen (secondary N) is 1. The largest absolute Gasteiger partial charge is 0.464 e. The van der Waals surface area contributed by atoms with Crippen LogP contribution in [0.4, 0.5) is 0 Å². The van der Waals surface area contributed by atoms with Crippen molar-refractivity contribution in [2.75, 3.05) is 0 Å². The number of hydrazone groups is 1. The normalized spacial score (nSPS) is 17.1. The van der Waals surface area contributed by atoms with Crippen molar-refractivity contribution in [3.05, 3.63) is 81.2 Å². The van der Waals surface area contributed by atoms with E-state index in [-0.39, 0.29) is 11.5 Å². The first-order valence-corrected chi connectivity index (χ1v) is 7.68. The molecule has 0 aliphatic carbocycles. The van der Waals surface area contributed by atoms with Crippen molar-refractivity contribution in [1.82, 2.24) is 5.43 Å². The number of para-hydroxylation sites is 1. The molecule has 0 radical (unpaired) electrons. The Morgan fingerprint density at radius 2 is 1.91 bits per heavy atom. The lowest BCUT2D eigenvalue weighted by Gasteiger charge is -2.09. The van der Waals surface area contributed by atoms with Crippen molar-refractivity contribution in [2.45, 2.75) is 12.5 Å². The minimum atomic E-state index is -0.179. The smallest absolute Gasteiger partial charge is 0.198 e. The van der Waals surface area contributed by atoms with Crippen LogP contribution in [0.2, 0.25) is 5.02 Å². The zero-order chi connectivity index (χ0) is 15.8. The Morgan fingerprint density at radius 1 is 1.13 bits per heavy atom. The molecule has 114 valence electrons. The molecule has 0 amide bonds. The van der Waals surface area contributed by atoms with Crippen LogP contribution >= 0.6 is 11.6 Å². The first-order valence-electron chi connectivity index (χ1n) is 7.31. The molecular weight excluding hydrogens is 312 g/mol. The van der Waals surface area contributed by atoms with Gasteiger partial charge in [-0.05, 0) is 29.8 Å². The molecule has 1 unspecified atom stereocenters. The summed E-state index contributed by atoms with van der Waals surface area (Å²) >= 11 is 5.91. The summed E-state index contributed by atoms with van der Waals surface area (Å²) < 4.78 is 5.58. The van der Waals surface area contributed by atoms with E-state index in [2.05, 4.69) is 10.5 Å². The van der Waals surface area contributed by atoms with Crippen LogP contribution in [0.25, 0.3) is 11.0 Å². The molecule has 2 aromatic carbocycles. The number of hydrogen-bond acceptors (Lipinski definition) is 4. The molecule has 23 heavy (non-hydrogen) atoms. The Labute approximate surface area is 137 Å². The monoisotopic (exact) mass is 324 g/mol. The number of halogens is 1. The maximum atomic E-state index is 12.6. The second-order valence-electron chi connectivity index (χ2n) is 5.47. The fraction of sp³-hybridized carbons (Fsp3) is 0.111. The summed E-state index contributed by atoms with van der Waals surface area (Å²) in [6, 6.07) is 14.6. The molecule has 1 aliphatic rings. The zero-order valence-electron chi connectivity index (χ0n) is 12.1. The van der Waals surface area contributed by atoms with Gasteiger partial charge in [0.1, 0.15) is 11.8 Å². The van der Waals surface area contributed by atoms with Crippen LogP contribution in [-0.4, -0.2) is 5.71 Å². The molecule has 1 N–H and O–H groups in total. The summed E-state index contributed by atoms with van der Waals surface area (Å²) in [5.41, 5.74) is 6.11.